The Bertz CT molecular complexity index is 931. The fourth-order valence-corrected chi connectivity index (χ4v) is 6.26. The molecule has 0 radical (unpaired) electrons. The summed E-state index contributed by atoms with van der Waals surface area (Å²) in [4.78, 5) is 13.0. The summed E-state index contributed by atoms with van der Waals surface area (Å²) in [6, 6.07) is 5.69. The number of sulfone groups is 1. The van der Waals surface area contributed by atoms with Crippen LogP contribution in [0.25, 0.3) is 0 Å². The van der Waals surface area contributed by atoms with Gasteiger partial charge in [0, 0.05) is 38.8 Å². The van der Waals surface area contributed by atoms with Crippen LogP contribution in [0, 0.1) is 0 Å². The molecule has 0 amide bonds. The van der Waals surface area contributed by atoms with Crippen molar-refractivity contribution < 1.29 is 13.2 Å². The van der Waals surface area contributed by atoms with Crippen LogP contribution in [0.3, 0.4) is 0 Å². The topological polar surface area (TPSA) is 63.2 Å². The van der Waals surface area contributed by atoms with E-state index in [4.69, 9.17) is 0 Å². The maximum absolute atomic E-state index is 12.7. The molecular formula is C17H15Br2NO3S. The van der Waals surface area contributed by atoms with E-state index >= 15 is 0 Å². The fourth-order valence-electron chi connectivity index (χ4n) is 3.79. The first-order valence-electron chi connectivity index (χ1n) is 7.82. The van der Waals surface area contributed by atoms with Crippen molar-refractivity contribution in [3.05, 3.63) is 54.6 Å². The van der Waals surface area contributed by atoms with E-state index in [1.165, 1.54) is 0 Å². The second-order valence-electron chi connectivity index (χ2n) is 6.31. The van der Waals surface area contributed by atoms with Crippen molar-refractivity contribution >= 4 is 47.5 Å². The van der Waals surface area contributed by atoms with Crippen molar-refractivity contribution in [3.63, 3.8) is 0 Å². The first-order valence-corrected chi connectivity index (χ1v) is 11.1. The standard InChI is InChI=1S/C17H15Br2NO3S/c18-10-5-4-9(8-11(10)19)15-16-12(2-1-3-14(16)21)20-13-6-7-24(22,23)17(13)15/h4-5,8,15,20H,1-3,6-7H2/t15-/m0/s1. The van der Waals surface area contributed by atoms with Crippen molar-refractivity contribution in [2.24, 2.45) is 0 Å². The van der Waals surface area contributed by atoms with Gasteiger partial charge >= 0.3 is 0 Å². The minimum atomic E-state index is -3.34. The van der Waals surface area contributed by atoms with E-state index in [0.717, 1.165) is 38.7 Å². The Morgan fingerprint density at radius 2 is 1.83 bits per heavy atom. The molecule has 1 aliphatic carbocycles. The molecule has 0 saturated heterocycles. The lowest BCUT2D eigenvalue weighted by Crippen LogP contribution is -2.32. The van der Waals surface area contributed by atoms with Gasteiger partial charge in [0.05, 0.1) is 16.6 Å². The molecule has 0 bridgehead atoms. The predicted octanol–water partition coefficient (Wildman–Crippen LogP) is 3.94. The number of nitrogens with one attached hydrogen (secondary N) is 1. The number of benzene rings is 1. The minimum absolute atomic E-state index is 0.0569. The van der Waals surface area contributed by atoms with Gasteiger partial charge in [0.1, 0.15) is 0 Å². The molecule has 1 atom stereocenters. The second-order valence-corrected chi connectivity index (χ2v) is 10.1. The summed E-state index contributed by atoms with van der Waals surface area (Å²) >= 11 is 6.93. The number of Topliss-reactive ketones (excluding diaryl/α,β-unsaturated/α-hetero) is 1. The number of carbonyl (C=O) groups excluding carboxylic acids is 1. The molecule has 1 N–H and O–H groups in total. The maximum atomic E-state index is 12.7. The first-order chi connectivity index (χ1) is 11.4. The largest absolute Gasteiger partial charge is 0.361 e. The smallest absolute Gasteiger partial charge is 0.177 e. The summed E-state index contributed by atoms with van der Waals surface area (Å²) in [5.41, 5.74) is 3.16. The number of hydrogen-bond acceptors (Lipinski definition) is 4. The molecule has 0 aromatic heterocycles. The van der Waals surface area contributed by atoms with Gasteiger partial charge in [-0.15, -0.1) is 0 Å². The number of ketones is 1. The number of allylic oxidation sites excluding steroid dienone is 4. The van der Waals surface area contributed by atoms with Crippen LogP contribution in [-0.4, -0.2) is 20.0 Å². The molecule has 1 aromatic carbocycles. The summed E-state index contributed by atoms with van der Waals surface area (Å²) in [6.45, 7) is 0. The number of carbonyl (C=O) groups is 1. The molecule has 7 heteroatoms. The molecule has 0 saturated carbocycles. The van der Waals surface area contributed by atoms with E-state index < -0.39 is 15.8 Å². The van der Waals surface area contributed by atoms with E-state index in [9.17, 15) is 13.2 Å². The molecule has 1 aromatic rings. The molecule has 3 aliphatic rings. The molecular weight excluding hydrogens is 458 g/mol. The normalized spacial score (nSPS) is 25.4. The molecule has 4 nitrogen and oxygen atoms in total. The zero-order valence-corrected chi connectivity index (χ0v) is 16.7. The third kappa shape index (κ3) is 2.52. The van der Waals surface area contributed by atoms with Crippen LogP contribution in [0.2, 0.25) is 0 Å². The fraction of sp³-hybridized carbons (Fsp3) is 0.353. The zero-order chi connectivity index (χ0) is 17.1. The van der Waals surface area contributed by atoms with E-state index in [1.54, 1.807) is 0 Å². The lowest BCUT2D eigenvalue weighted by Gasteiger charge is -2.33. The van der Waals surface area contributed by atoms with Crippen molar-refractivity contribution in [3.8, 4) is 0 Å². The first kappa shape index (κ1) is 16.5. The summed E-state index contributed by atoms with van der Waals surface area (Å²) in [5, 5.41) is 3.27. The van der Waals surface area contributed by atoms with Crippen LogP contribution < -0.4 is 5.32 Å². The van der Waals surface area contributed by atoms with Crippen LogP contribution in [-0.2, 0) is 14.6 Å². The van der Waals surface area contributed by atoms with Crippen molar-refractivity contribution in [2.45, 2.75) is 31.6 Å². The lowest BCUT2D eigenvalue weighted by molar-refractivity contribution is -0.116. The highest BCUT2D eigenvalue weighted by Crippen LogP contribution is 2.48. The Morgan fingerprint density at radius 3 is 2.58 bits per heavy atom. The Hall–Kier alpha value is -0.920. The van der Waals surface area contributed by atoms with Crippen molar-refractivity contribution in [1.82, 2.24) is 5.32 Å². The van der Waals surface area contributed by atoms with Gasteiger partial charge in [-0.1, -0.05) is 6.07 Å². The second kappa shape index (κ2) is 5.81. The molecule has 24 heavy (non-hydrogen) atoms. The molecule has 0 fully saturated rings. The van der Waals surface area contributed by atoms with Crippen LogP contribution in [0.15, 0.2) is 49.0 Å². The minimum Gasteiger partial charge on any atom is -0.361 e. The number of dihydropyridines is 1. The van der Waals surface area contributed by atoms with Crippen LogP contribution in [0.1, 0.15) is 37.2 Å². The Balaban J connectivity index is 1.96. The van der Waals surface area contributed by atoms with Crippen LogP contribution in [0.4, 0.5) is 0 Å². The molecule has 0 spiro atoms. The molecule has 4 rings (SSSR count). The number of rotatable bonds is 1. The van der Waals surface area contributed by atoms with E-state index in [1.807, 2.05) is 18.2 Å². The zero-order valence-electron chi connectivity index (χ0n) is 12.7. The van der Waals surface area contributed by atoms with E-state index in [0.29, 0.717) is 23.3 Å². The van der Waals surface area contributed by atoms with Gasteiger partial charge in [0.15, 0.2) is 15.6 Å². The average Bonchev–Trinajstić information content (AvgIpc) is 2.84. The monoisotopic (exact) mass is 471 g/mol. The van der Waals surface area contributed by atoms with Gasteiger partial charge < -0.3 is 5.32 Å². The number of halogens is 2. The van der Waals surface area contributed by atoms with Crippen molar-refractivity contribution in [1.29, 1.82) is 0 Å². The maximum Gasteiger partial charge on any atom is 0.177 e. The van der Waals surface area contributed by atoms with Gasteiger partial charge in [-0.3, -0.25) is 4.79 Å². The summed E-state index contributed by atoms with van der Waals surface area (Å²) in [7, 11) is -3.34. The SMILES string of the molecule is O=C1CCCC2=C1[C@H](c1ccc(Br)c(Br)c1)C1=C(CCS1(=O)=O)N2. The molecule has 2 aliphatic heterocycles. The Morgan fingerprint density at radius 1 is 1.04 bits per heavy atom. The molecule has 2 heterocycles. The van der Waals surface area contributed by atoms with Crippen LogP contribution in [0.5, 0.6) is 0 Å². The third-order valence-electron chi connectivity index (χ3n) is 4.84. The Labute approximate surface area is 157 Å². The lowest BCUT2D eigenvalue weighted by atomic mass is 9.79. The van der Waals surface area contributed by atoms with Gasteiger partial charge in [0.2, 0.25) is 0 Å². The van der Waals surface area contributed by atoms with E-state index in [-0.39, 0.29) is 11.5 Å². The molecule has 126 valence electrons. The summed E-state index contributed by atoms with van der Waals surface area (Å²) in [6.07, 6.45) is 2.59. The van der Waals surface area contributed by atoms with Gasteiger partial charge in [-0.05, 0) is 62.4 Å². The molecule has 0 unspecified atom stereocenters. The highest BCUT2D eigenvalue weighted by atomic mass is 79.9. The Kier molecular flexibility index (Phi) is 4.01. The third-order valence-corrected chi connectivity index (χ3v) is 8.61. The highest BCUT2D eigenvalue weighted by Gasteiger charge is 2.44. The van der Waals surface area contributed by atoms with E-state index in [2.05, 4.69) is 37.2 Å². The summed E-state index contributed by atoms with van der Waals surface area (Å²) < 4.78 is 27.1. The highest BCUT2D eigenvalue weighted by molar-refractivity contribution is 9.13. The number of hydrogen-bond donors (Lipinski definition) is 1. The van der Waals surface area contributed by atoms with Crippen molar-refractivity contribution in [2.75, 3.05) is 5.75 Å². The summed E-state index contributed by atoms with van der Waals surface area (Å²) in [5.74, 6) is -0.310. The quantitative estimate of drug-likeness (QED) is 0.672. The van der Waals surface area contributed by atoms with Gasteiger partial charge in [-0.2, -0.15) is 0 Å². The predicted molar refractivity (Wildman–Crippen MR) is 99.0 cm³/mol. The van der Waals surface area contributed by atoms with Gasteiger partial charge in [0.25, 0.3) is 0 Å². The van der Waals surface area contributed by atoms with Gasteiger partial charge in [-0.25, -0.2) is 8.42 Å². The average molecular weight is 473 g/mol. The van der Waals surface area contributed by atoms with Crippen LogP contribution >= 0.6 is 31.9 Å².